The molecule has 5 nitrogen and oxygen atoms in total. The van der Waals surface area contributed by atoms with Crippen molar-refractivity contribution in [3.05, 3.63) is 28.2 Å². The monoisotopic (exact) mass is 278 g/mol. The van der Waals surface area contributed by atoms with Crippen molar-refractivity contribution in [1.29, 1.82) is 0 Å². The van der Waals surface area contributed by atoms with Crippen molar-refractivity contribution in [2.75, 3.05) is 5.32 Å². The first-order chi connectivity index (χ1) is 8.91. The molecule has 2 heterocycles. The summed E-state index contributed by atoms with van der Waals surface area (Å²) in [6.07, 6.45) is 0. The van der Waals surface area contributed by atoms with Gasteiger partial charge in [-0.25, -0.2) is 0 Å². The maximum absolute atomic E-state index is 11.6. The summed E-state index contributed by atoms with van der Waals surface area (Å²) in [5.74, 6) is 0.0494. The quantitative estimate of drug-likeness (QED) is 0.873. The molecule has 2 aromatic rings. The second kappa shape index (κ2) is 5.13. The summed E-state index contributed by atoms with van der Waals surface area (Å²) in [6.45, 7) is 8.13. The molecule has 0 amide bonds. The molecule has 2 aromatic heterocycles. The summed E-state index contributed by atoms with van der Waals surface area (Å²) in [4.78, 5) is 11.6. The molecule has 102 valence electrons. The van der Waals surface area contributed by atoms with E-state index < -0.39 is 0 Å². The molecule has 0 unspecified atom stereocenters. The molecule has 0 aliphatic carbocycles. The van der Waals surface area contributed by atoms with Crippen molar-refractivity contribution in [3.63, 3.8) is 0 Å². The molecule has 0 bridgehead atoms. The van der Waals surface area contributed by atoms with Crippen LogP contribution in [0.5, 0.6) is 0 Å². The zero-order valence-electron chi connectivity index (χ0n) is 11.9. The largest absolute Gasteiger partial charge is 0.371 e. The van der Waals surface area contributed by atoms with Gasteiger partial charge in [-0.1, -0.05) is 0 Å². The van der Waals surface area contributed by atoms with Gasteiger partial charge in [-0.15, -0.1) is 0 Å². The van der Waals surface area contributed by atoms with Gasteiger partial charge in [0.25, 0.3) is 0 Å². The number of nitrogens with zero attached hydrogens (tertiary/aromatic N) is 3. The average Bonchev–Trinajstić information content (AvgIpc) is 2.80. The zero-order valence-corrected chi connectivity index (χ0v) is 12.7. The van der Waals surface area contributed by atoms with E-state index in [0.717, 1.165) is 22.1 Å². The Balaban J connectivity index is 2.22. The molecule has 19 heavy (non-hydrogen) atoms. The Hall–Kier alpha value is -1.69. The molecule has 0 radical (unpaired) electrons. The van der Waals surface area contributed by atoms with Crippen LogP contribution >= 0.6 is 11.5 Å². The van der Waals surface area contributed by atoms with Crippen LogP contribution in [0.1, 0.15) is 39.9 Å². The topological polar surface area (TPSA) is 59.8 Å². The average molecular weight is 278 g/mol. The Morgan fingerprint density at radius 1 is 1.32 bits per heavy atom. The lowest BCUT2D eigenvalue weighted by Crippen LogP contribution is -2.05. The van der Waals surface area contributed by atoms with Gasteiger partial charge in [-0.2, -0.15) is 9.47 Å². The molecular weight excluding hydrogens is 260 g/mol. The second-order valence-electron chi connectivity index (χ2n) is 4.65. The third-order valence-electron chi connectivity index (χ3n) is 3.30. The summed E-state index contributed by atoms with van der Waals surface area (Å²) in [7, 11) is 1.93. The molecule has 0 atom stereocenters. The van der Waals surface area contributed by atoms with Crippen LogP contribution in [0.25, 0.3) is 0 Å². The molecule has 2 rings (SSSR count). The van der Waals surface area contributed by atoms with Crippen LogP contribution in [0.2, 0.25) is 0 Å². The van der Waals surface area contributed by atoms with E-state index in [1.807, 2.05) is 32.5 Å². The summed E-state index contributed by atoms with van der Waals surface area (Å²) in [5.41, 5.74) is 4.81. The predicted octanol–water partition coefficient (Wildman–Crippen LogP) is 2.62. The Kier molecular flexibility index (Phi) is 3.71. The van der Waals surface area contributed by atoms with Gasteiger partial charge in [0.15, 0.2) is 5.78 Å². The van der Waals surface area contributed by atoms with E-state index in [1.54, 1.807) is 6.92 Å². The highest BCUT2D eigenvalue weighted by Crippen LogP contribution is 2.26. The Morgan fingerprint density at radius 2 is 2.00 bits per heavy atom. The van der Waals surface area contributed by atoms with Gasteiger partial charge >= 0.3 is 0 Å². The van der Waals surface area contributed by atoms with Crippen LogP contribution in [0, 0.1) is 20.8 Å². The molecule has 0 aliphatic heterocycles. The number of carbonyl (C=O) groups is 1. The summed E-state index contributed by atoms with van der Waals surface area (Å²) >= 11 is 1.33. The molecule has 0 fully saturated rings. The van der Waals surface area contributed by atoms with Crippen LogP contribution in [-0.4, -0.2) is 19.9 Å². The minimum absolute atomic E-state index is 0.0494. The van der Waals surface area contributed by atoms with Crippen molar-refractivity contribution in [2.45, 2.75) is 34.2 Å². The number of anilines is 1. The van der Waals surface area contributed by atoms with Crippen LogP contribution in [-0.2, 0) is 13.6 Å². The number of hydrogen-bond donors (Lipinski definition) is 1. The Morgan fingerprint density at radius 3 is 2.53 bits per heavy atom. The van der Waals surface area contributed by atoms with Gasteiger partial charge in [0.05, 0.1) is 17.0 Å². The maximum Gasteiger partial charge on any atom is 0.164 e. The summed E-state index contributed by atoms with van der Waals surface area (Å²) in [5, 5.41) is 8.53. The molecule has 0 spiro atoms. The fourth-order valence-electron chi connectivity index (χ4n) is 2.15. The number of rotatable bonds is 4. The SMILES string of the molecule is CC(=O)c1c(C)nsc1NCc1c(C)nn(C)c1C. The standard InChI is InChI=1S/C13H18N4OS/c1-7-11(9(3)17(5)15-7)6-14-13-12(10(4)18)8(2)16-19-13/h14H,6H2,1-5H3. The van der Waals surface area contributed by atoms with Gasteiger partial charge in [0, 0.05) is 24.8 Å². The smallest absolute Gasteiger partial charge is 0.164 e. The van der Waals surface area contributed by atoms with Gasteiger partial charge in [0.2, 0.25) is 0 Å². The minimum atomic E-state index is 0.0494. The zero-order chi connectivity index (χ0) is 14.2. The molecule has 6 heteroatoms. The number of aryl methyl sites for hydroxylation is 3. The van der Waals surface area contributed by atoms with Crippen molar-refractivity contribution in [1.82, 2.24) is 14.2 Å². The lowest BCUT2D eigenvalue weighted by Gasteiger charge is -2.06. The van der Waals surface area contributed by atoms with Crippen LogP contribution < -0.4 is 5.32 Å². The van der Waals surface area contributed by atoms with Crippen molar-refractivity contribution < 1.29 is 4.79 Å². The van der Waals surface area contributed by atoms with Gasteiger partial charge < -0.3 is 5.32 Å². The van der Waals surface area contributed by atoms with Crippen LogP contribution in [0.15, 0.2) is 0 Å². The first-order valence-corrected chi connectivity index (χ1v) is 6.89. The van der Waals surface area contributed by atoms with Crippen molar-refractivity contribution in [3.8, 4) is 0 Å². The van der Waals surface area contributed by atoms with Crippen molar-refractivity contribution >= 4 is 22.3 Å². The number of ketones is 1. The molecule has 0 saturated heterocycles. The third-order valence-corrected chi connectivity index (χ3v) is 4.20. The Labute approximate surface area is 116 Å². The highest BCUT2D eigenvalue weighted by molar-refractivity contribution is 7.10. The summed E-state index contributed by atoms with van der Waals surface area (Å²) in [6, 6.07) is 0. The Bertz CT molecular complexity index is 627. The molecule has 0 saturated carbocycles. The number of carbonyl (C=O) groups excluding carboxylic acids is 1. The molecular formula is C13H18N4OS. The first kappa shape index (κ1) is 13.7. The number of aromatic nitrogens is 3. The van der Waals surface area contributed by atoms with E-state index in [1.165, 1.54) is 17.1 Å². The van der Waals surface area contributed by atoms with Gasteiger partial charge in [0.1, 0.15) is 5.00 Å². The number of nitrogens with one attached hydrogen (secondary N) is 1. The normalized spacial score (nSPS) is 10.8. The number of hydrogen-bond acceptors (Lipinski definition) is 5. The maximum atomic E-state index is 11.6. The van der Waals surface area contributed by atoms with Crippen LogP contribution in [0.4, 0.5) is 5.00 Å². The van der Waals surface area contributed by atoms with E-state index in [2.05, 4.69) is 14.8 Å². The fraction of sp³-hybridized carbons (Fsp3) is 0.462. The highest BCUT2D eigenvalue weighted by Gasteiger charge is 2.16. The fourth-order valence-corrected chi connectivity index (χ4v) is 2.99. The lowest BCUT2D eigenvalue weighted by atomic mass is 10.1. The molecule has 0 aromatic carbocycles. The highest BCUT2D eigenvalue weighted by atomic mass is 32.1. The van der Waals surface area contributed by atoms with E-state index in [4.69, 9.17) is 0 Å². The number of Topliss-reactive ketones (excluding diaryl/α,β-unsaturated/α-hetero) is 1. The minimum Gasteiger partial charge on any atom is -0.371 e. The molecule has 1 N–H and O–H groups in total. The van der Waals surface area contributed by atoms with Crippen molar-refractivity contribution in [2.24, 2.45) is 7.05 Å². The van der Waals surface area contributed by atoms with E-state index in [-0.39, 0.29) is 5.78 Å². The predicted molar refractivity (Wildman–Crippen MR) is 76.9 cm³/mol. The lowest BCUT2D eigenvalue weighted by molar-refractivity contribution is 0.101. The van der Waals surface area contributed by atoms with Crippen LogP contribution in [0.3, 0.4) is 0 Å². The second-order valence-corrected chi connectivity index (χ2v) is 5.43. The first-order valence-electron chi connectivity index (χ1n) is 6.12. The summed E-state index contributed by atoms with van der Waals surface area (Å²) < 4.78 is 6.11. The van der Waals surface area contributed by atoms with Gasteiger partial charge in [-0.05, 0) is 39.2 Å². The van der Waals surface area contributed by atoms with Gasteiger partial charge in [-0.3, -0.25) is 9.48 Å². The molecule has 0 aliphatic rings. The van der Waals surface area contributed by atoms with E-state index in [9.17, 15) is 4.79 Å². The third kappa shape index (κ3) is 2.53. The van der Waals surface area contributed by atoms with E-state index in [0.29, 0.717) is 12.1 Å². The van der Waals surface area contributed by atoms with E-state index >= 15 is 0 Å².